The molecule has 0 bridgehead atoms. The van der Waals surface area contributed by atoms with E-state index >= 15 is 0 Å². The quantitative estimate of drug-likeness (QED) is 0.303. The second-order valence-electron chi connectivity index (χ2n) is 8.84. The highest BCUT2D eigenvalue weighted by molar-refractivity contribution is 6.12. The summed E-state index contributed by atoms with van der Waals surface area (Å²) in [6, 6.07) is 13.9. The topological polar surface area (TPSA) is 121 Å². The molecule has 172 valence electrons. The molecule has 1 fully saturated rings. The van der Waals surface area contributed by atoms with Crippen LogP contribution in [0.25, 0.3) is 27.6 Å². The van der Waals surface area contributed by atoms with Gasteiger partial charge in [-0.1, -0.05) is 6.07 Å². The highest BCUT2D eigenvalue weighted by atomic mass is 16.1. The van der Waals surface area contributed by atoms with Crippen molar-refractivity contribution in [2.75, 3.05) is 31.9 Å². The van der Waals surface area contributed by atoms with Crippen molar-refractivity contribution >= 4 is 33.5 Å². The molecule has 9 heteroatoms. The second kappa shape index (κ2) is 8.12. The van der Waals surface area contributed by atoms with E-state index in [-0.39, 0.29) is 5.78 Å². The van der Waals surface area contributed by atoms with Gasteiger partial charge in [-0.05, 0) is 48.9 Å². The molecule has 1 aliphatic rings. The van der Waals surface area contributed by atoms with Crippen LogP contribution in [0.3, 0.4) is 0 Å². The lowest BCUT2D eigenvalue weighted by atomic mass is 10.1. The zero-order valence-electron chi connectivity index (χ0n) is 18.9. The Kier molecular flexibility index (Phi) is 4.93. The highest BCUT2D eigenvalue weighted by Crippen LogP contribution is 2.25. The van der Waals surface area contributed by atoms with E-state index in [1.165, 1.54) is 11.8 Å². The number of hydrogen-bond donors (Lipinski definition) is 4. The third-order valence-electron chi connectivity index (χ3n) is 6.43. The number of imidazole rings is 1. The monoisotopic (exact) mass is 454 g/mol. The molecular weight excluding hydrogens is 428 g/mol. The number of fused-ring (bicyclic) bond motifs is 2. The van der Waals surface area contributed by atoms with Crippen LogP contribution in [0.5, 0.6) is 0 Å². The molecule has 1 aliphatic heterocycles. The summed E-state index contributed by atoms with van der Waals surface area (Å²) in [5, 5.41) is 8.78. The SMILES string of the molecule is Cc1nc2cc(-n3ncc(C(=O)c4cc5cc(CN6CCNCC6)ccc5[nH]4)c3N)ccc2[nH]1. The van der Waals surface area contributed by atoms with E-state index in [1.807, 2.05) is 37.3 Å². The molecule has 3 aromatic heterocycles. The smallest absolute Gasteiger partial charge is 0.214 e. The number of anilines is 1. The number of hydrogen-bond acceptors (Lipinski definition) is 6. The minimum Gasteiger partial charge on any atom is -0.383 e. The molecule has 6 rings (SSSR count). The zero-order chi connectivity index (χ0) is 23.2. The molecule has 1 saturated heterocycles. The summed E-state index contributed by atoms with van der Waals surface area (Å²) in [6.07, 6.45) is 1.53. The summed E-state index contributed by atoms with van der Waals surface area (Å²) in [6.45, 7) is 6.96. The van der Waals surface area contributed by atoms with Crippen molar-refractivity contribution in [3.63, 3.8) is 0 Å². The number of aromatic amines is 2. The summed E-state index contributed by atoms with van der Waals surface area (Å²) in [5.74, 6) is 0.960. The van der Waals surface area contributed by atoms with E-state index in [0.717, 1.165) is 66.2 Å². The molecule has 0 atom stereocenters. The normalized spacial score (nSPS) is 14.9. The van der Waals surface area contributed by atoms with Gasteiger partial charge < -0.3 is 21.0 Å². The molecule has 0 amide bonds. The molecular formula is C25H26N8O. The highest BCUT2D eigenvalue weighted by Gasteiger charge is 2.20. The first kappa shape index (κ1) is 20.6. The van der Waals surface area contributed by atoms with E-state index in [4.69, 9.17) is 5.73 Å². The summed E-state index contributed by atoms with van der Waals surface area (Å²) < 4.78 is 1.57. The minimum absolute atomic E-state index is 0.180. The molecule has 5 aromatic rings. The molecule has 5 N–H and O–H groups in total. The van der Waals surface area contributed by atoms with Gasteiger partial charge in [-0.15, -0.1) is 0 Å². The van der Waals surface area contributed by atoms with Crippen LogP contribution < -0.4 is 11.1 Å². The standard InChI is InChI=1S/C25H26N8O/c1-15-29-21-5-3-18(12-22(21)30-15)33-25(26)19(13-28-33)24(34)23-11-17-10-16(2-4-20(17)31-23)14-32-8-6-27-7-9-32/h2-5,10-13,27,31H,6-9,14,26H2,1H3,(H,29,30). The number of nitrogens with one attached hydrogen (secondary N) is 3. The van der Waals surface area contributed by atoms with Crippen LogP contribution >= 0.6 is 0 Å². The first-order valence-corrected chi connectivity index (χ1v) is 11.4. The molecule has 34 heavy (non-hydrogen) atoms. The first-order chi connectivity index (χ1) is 16.5. The number of piperazine rings is 1. The maximum atomic E-state index is 13.3. The van der Waals surface area contributed by atoms with Crippen LogP contribution in [-0.2, 0) is 6.54 Å². The third kappa shape index (κ3) is 3.64. The Morgan fingerprint density at radius 3 is 2.74 bits per heavy atom. The van der Waals surface area contributed by atoms with Gasteiger partial charge in [0.2, 0.25) is 5.78 Å². The van der Waals surface area contributed by atoms with E-state index in [0.29, 0.717) is 17.1 Å². The summed E-state index contributed by atoms with van der Waals surface area (Å²) in [5.41, 5.74) is 11.9. The Hall–Kier alpha value is -3.95. The predicted octanol–water partition coefficient (Wildman–Crippen LogP) is 2.76. The Morgan fingerprint density at radius 2 is 1.88 bits per heavy atom. The van der Waals surface area contributed by atoms with Crippen LogP contribution in [-0.4, -0.2) is 61.6 Å². The van der Waals surface area contributed by atoms with Crippen LogP contribution in [0.2, 0.25) is 0 Å². The molecule has 0 aliphatic carbocycles. The average Bonchev–Trinajstić information content (AvgIpc) is 3.54. The average molecular weight is 455 g/mol. The molecule has 0 saturated carbocycles. The number of aryl methyl sites for hydroxylation is 1. The fourth-order valence-corrected chi connectivity index (χ4v) is 4.67. The van der Waals surface area contributed by atoms with Gasteiger partial charge in [-0.3, -0.25) is 9.69 Å². The van der Waals surface area contributed by atoms with Gasteiger partial charge in [0.25, 0.3) is 0 Å². The van der Waals surface area contributed by atoms with Crippen molar-refractivity contribution in [3.8, 4) is 5.69 Å². The third-order valence-corrected chi connectivity index (χ3v) is 6.43. The number of aromatic nitrogens is 5. The van der Waals surface area contributed by atoms with Crippen LogP contribution in [0, 0.1) is 6.92 Å². The van der Waals surface area contributed by atoms with Crippen LogP contribution in [0.4, 0.5) is 5.82 Å². The van der Waals surface area contributed by atoms with Gasteiger partial charge in [-0.2, -0.15) is 5.10 Å². The number of carbonyl (C=O) groups is 1. The van der Waals surface area contributed by atoms with E-state index in [2.05, 4.69) is 42.4 Å². The van der Waals surface area contributed by atoms with Crippen molar-refractivity contribution in [3.05, 3.63) is 71.3 Å². The second-order valence-corrected chi connectivity index (χ2v) is 8.84. The largest absolute Gasteiger partial charge is 0.383 e. The summed E-state index contributed by atoms with van der Waals surface area (Å²) >= 11 is 0. The predicted molar refractivity (Wildman–Crippen MR) is 132 cm³/mol. The number of nitrogens with two attached hydrogens (primary N) is 1. The van der Waals surface area contributed by atoms with Crippen LogP contribution in [0.1, 0.15) is 27.4 Å². The zero-order valence-corrected chi connectivity index (χ0v) is 18.9. The van der Waals surface area contributed by atoms with Crippen molar-refractivity contribution in [2.24, 2.45) is 0 Å². The molecule has 2 aromatic carbocycles. The molecule has 0 spiro atoms. The first-order valence-electron chi connectivity index (χ1n) is 11.4. The van der Waals surface area contributed by atoms with Gasteiger partial charge in [0, 0.05) is 43.6 Å². The van der Waals surface area contributed by atoms with Crippen molar-refractivity contribution in [1.29, 1.82) is 0 Å². The fourth-order valence-electron chi connectivity index (χ4n) is 4.67. The number of H-pyrrole nitrogens is 2. The minimum atomic E-state index is -0.180. The maximum Gasteiger partial charge on any atom is 0.214 e. The Bertz CT molecular complexity index is 1520. The Labute approximate surface area is 196 Å². The lowest BCUT2D eigenvalue weighted by Gasteiger charge is -2.27. The lowest BCUT2D eigenvalue weighted by Crippen LogP contribution is -2.42. The van der Waals surface area contributed by atoms with E-state index in [9.17, 15) is 4.79 Å². The number of carbonyl (C=O) groups excluding carboxylic acids is 1. The van der Waals surface area contributed by atoms with Crippen molar-refractivity contribution < 1.29 is 4.79 Å². The Balaban J connectivity index is 1.27. The summed E-state index contributed by atoms with van der Waals surface area (Å²) in [7, 11) is 0. The fraction of sp³-hybridized carbons (Fsp3) is 0.240. The number of benzene rings is 2. The Morgan fingerprint density at radius 1 is 1.06 bits per heavy atom. The van der Waals surface area contributed by atoms with Gasteiger partial charge in [-0.25, -0.2) is 9.67 Å². The molecule has 4 heterocycles. The van der Waals surface area contributed by atoms with Gasteiger partial charge >= 0.3 is 0 Å². The van der Waals surface area contributed by atoms with Crippen LogP contribution in [0.15, 0.2) is 48.7 Å². The molecule has 9 nitrogen and oxygen atoms in total. The summed E-state index contributed by atoms with van der Waals surface area (Å²) in [4.78, 5) is 26.7. The number of ketones is 1. The van der Waals surface area contributed by atoms with Gasteiger partial charge in [0.05, 0.1) is 34.2 Å². The maximum absolute atomic E-state index is 13.3. The number of nitrogen functional groups attached to an aromatic ring is 1. The number of nitrogens with zero attached hydrogens (tertiary/aromatic N) is 4. The number of rotatable bonds is 5. The van der Waals surface area contributed by atoms with Crippen molar-refractivity contribution in [2.45, 2.75) is 13.5 Å². The molecule has 0 unspecified atom stereocenters. The van der Waals surface area contributed by atoms with Crippen molar-refractivity contribution in [1.82, 2.24) is 34.9 Å². The molecule has 0 radical (unpaired) electrons. The van der Waals surface area contributed by atoms with E-state index < -0.39 is 0 Å². The van der Waals surface area contributed by atoms with E-state index in [1.54, 1.807) is 4.68 Å². The van der Waals surface area contributed by atoms with Gasteiger partial charge in [0.1, 0.15) is 11.6 Å². The lowest BCUT2D eigenvalue weighted by molar-refractivity contribution is 0.103. The van der Waals surface area contributed by atoms with Gasteiger partial charge in [0.15, 0.2) is 0 Å².